The number of sulfone groups is 1. The molecule has 0 aliphatic heterocycles. The summed E-state index contributed by atoms with van der Waals surface area (Å²) in [6, 6.07) is 8.24. The maximum absolute atomic E-state index is 11.7. The molecule has 1 aromatic rings. The zero-order valence-corrected chi connectivity index (χ0v) is 9.37. The molecule has 0 saturated carbocycles. The van der Waals surface area contributed by atoms with Crippen molar-refractivity contribution in [2.75, 3.05) is 12.4 Å². The highest BCUT2D eigenvalue weighted by Gasteiger charge is 2.12. The van der Waals surface area contributed by atoms with E-state index >= 15 is 0 Å². The average Bonchev–Trinajstić information content (AvgIpc) is 2.18. The molecule has 1 aromatic carbocycles. The Kier molecular flexibility index (Phi) is 4.26. The Bertz CT molecular complexity index is 386. The van der Waals surface area contributed by atoms with E-state index in [1.54, 1.807) is 37.3 Å². The molecule has 0 fully saturated rings. The molecule has 0 aliphatic rings. The first-order chi connectivity index (χ1) is 7.02. The van der Waals surface area contributed by atoms with Gasteiger partial charge in [0.25, 0.3) is 0 Å². The van der Waals surface area contributed by atoms with Crippen molar-refractivity contribution in [1.29, 1.82) is 0 Å². The quantitative estimate of drug-likeness (QED) is 0.766. The van der Waals surface area contributed by atoms with Gasteiger partial charge in [0.1, 0.15) is 5.88 Å². The number of hydrogen-bond donors (Lipinski definition) is 2. The largest absolute Gasteiger partial charge is 0.392 e. The zero-order chi connectivity index (χ0) is 11.3. The lowest BCUT2D eigenvalue weighted by molar-refractivity contribution is 0.193. The Hall–Kier alpha value is -0.910. The second-order valence-electron chi connectivity index (χ2n) is 3.38. The molecule has 4 nitrogen and oxygen atoms in total. The molecule has 1 rings (SSSR count). The summed E-state index contributed by atoms with van der Waals surface area (Å²) in [5.74, 6) is -0.151. The van der Waals surface area contributed by atoms with Gasteiger partial charge in [-0.1, -0.05) is 18.2 Å². The predicted molar refractivity (Wildman–Crippen MR) is 58.2 cm³/mol. The average molecular weight is 229 g/mol. The van der Waals surface area contributed by atoms with Gasteiger partial charge >= 0.3 is 0 Å². The van der Waals surface area contributed by atoms with E-state index in [0.717, 1.165) is 0 Å². The maximum Gasteiger partial charge on any atom is 0.191 e. The normalized spacial score (nSPS) is 13.7. The fourth-order valence-electron chi connectivity index (χ4n) is 1.11. The van der Waals surface area contributed by atoms with Gasteiger partial charge in [0.15, 0.2) is 9.84 Å². The van der Waals surface area contributed by atoms with E-state index < -0.39 is 15.9 Å². The Balaban J connectivity index is 2.61. The lowest BCUT2D eigenvalue weighted by Gasteiger charge is -2.07. The Morgan fingerprint density at radius 3 is 2.47 bits per heavy atom. The van der Waals surface area contributed by atoms with Gasteiger partial charge in [-0.2, -0.15) is 0 Å². The Morgan fingerprint density at radius 2 is 1.93 bits per heavy atom. The van der Waals surface area contributed by atoms with Crippen LogP contribution in [0.1, 0.15) is 6.92 Å². The number of aliphatic hydroxyl groups excluding tert-OH is 1. The first kappa shape index (κ1) is 12.2. The van der Waals surface area contributed by atoms with Crippen LogP contribution in [0, 0.1) is 0 Å². The maximum atomic E-state index is 11.7. The minimum Gasteiger partial charge on any atom is -0.392 e. The molecule has 0 aromatic heterocycles. The molecule has 1 atom stereocenters. The summed E-state index contributed by atoms with van der Waals surface area (Å²) in [6.07, 6.45) is -0.545. The SMILES string of the molecule is CC(O)CNCS(=O)(=O)c1ccccc1. The summed E-state index contributed by atoms with van der Waals surface area (Å²) in [6.45, 7) is 1.87. The van der Waals surface area contributed by atoms with Crippen LogP contribution >= 0.6 is 0 Å². The standard InChI is InChI=1S/C10H15NO3S/c1-9(12)7-11-8-15(13,14)10-5-3-2-4-6-10/h2-6,9,11-12H,7-8H2,1H3. The van der Waals surface area contributed by atoms with Crippen molar-refractivity contribution in [1.82, 2.24) is 5.32 Å². The van der Waals surface area contributed by atoms with Gasteiger partial charge in [0.05, 0.1) is 11.0 Å². The van der Waals surface area contributed by atoms with Crippen LogP contribution in [-0.4, -0.2) is 32.0 Å². The first-order valence-electron chi connectivity index (χ1n) is 4.69. The first-order valence-corrected chi connectivity index (χ1v) is 6.34. The zero-order valence-electron chi connectivity index (χ0n) is 8.55. The number of hydrogen-bond acceptors (Lipinski definition) is 4. The van der Waals surface area contributed by atoms with Gasteiger partial charge in [-0.25, -0.2) is 8.42 Å². The molecule has 0 saturated heterocycles. The van der Waals surface area contributed by atoms with Gasteiger partial charge in [-0.3, -0.25) is 0 Å². The molecule has 84 valence electrons. The lowest BCUT2D eigenvalue weighted by Crippen LogP contribution is -2.29. The third kappa shape index (κ3) is 3.99. The van der Waals surface area contributed by atoms with Crippen molar-refractivity contribution < 1.29 is 13.5 Å². The van der Waals surface area contributed by atoms with Crippen LogP contribution in [0.5, 0.6) is 0 Å². The molecule has 0 bridgehead atoms. The summed E-state index contributed by atoms with van der Waals surface area (Å²) in [5, 5.41) is 11.6. The van der Waals surface area contributed by atoms with Crippen molar-refractivity contribution in [2.24, 2.45) is 0 Å². The van der Waals surface area contributed by atoms with Crippen molar-refractivity contribution in [3.05, 3.63) is 30.3 Å². The molecular weight excluding hydrogens is 214 g/mol. The molecule has 1 unspecified atom stereocenters. The molecule has 0 heterocycles. The molecule has 2 N–H and O–H groups in total. The third-order valence-electron chi connectivity index (χ3n) is 1.83. The predicted octanol–water partition coefficient (Wildman–Crippen LogP) is 0.388. The van der Waals surface area contributed by atoms with E-state index in [9.17, 15) is 8.42 Å². The minimum atomic E-state index is -3.28. The number of rotatable bonds is 5. The summed E-state index contributed by atoms with van der Waals surface area (Å²) in [5.41, 5.74) is 0. The molecule has 15 heavy (non-hydrogen) atoms. The van der Waals surface area contributed by atoms with Gasteiger partial charge < -0.3 is 10.4 Å². The van der Waals surface area contributed by atoms with Crippen molar-refractivity contribution in [3.8, 4) is 0 Å². The topological polar surface area (TPSA) is 66.4 Å². The number of aliphatic hydroxyl groups is 1. The summed E-state index contributed by atoms with van der Waals surface area (Å²) in [4.78, 5) is 0.295. The summed E-state index contributed by atoms with van der Waals surface area (Å²) in [7, 11) is -3.28. The second kappa shape index (κ2) is 5.25. The van der Waals surface area contributed by atoms with E-state index in [1.165, 1.54) is 0 Å². The molecule has 0 amide bonds. The Morgan fingerprint density at radius 1 is 1.33 bits per heavy atom. The van der Waals surface area contributed by atoms with Crippen molar-refractivity contribution in [2.45, 2.75) is 17.9 Å². The number of benzene rings is 1. The smallest absolute Gasteiger partial charge is 0.191 e. The molecule has 0 spiro atoms. The molecule has 0 radical (unpaired) electrons. The molecule has 0 aliphatic carbocycles. The fourth-order valence-corrected chi connectivity index (χ4v) is 2.24. The minimum absolute atomic E-state index is 0.151. The monoisotopic (exact) mass is 229 g/mol. The fraction of sp³-hybridized carbons (Fsp3) is 0.400. The van der Waals surface area contributed by atoms with Crippen LogP contribution in [-0.2, 0) is 9.84 Å². The van der Waals surface area contributed by atoms with Crippen LogP contribution < -0.4 is 5.32 Å². The highest BCUT2D eigenvalue weighted by Crippen LogP contribution is 2.08. The van der Waals surface area contributed by atoms with Gasteiger partial charge in [-0.15, -0.1) is 0 Å². The van der Waals surface area contributed by atoms with Crippen LogP contribution in [0.15, 0.2) is 35.2 Å². The number of nitrogens with one attached hydrogen (secondary N) is 1. The van der Waals surface area contributed by atoms with Gasteiger partial charge in [-0.05, 0) is 19.1 Å². The van der Waals surface area contributed by atoms with Crippen molar-refractivity contribution in [3.63, 3.8) is 0 Å². The van der Waals surface area contributed by atoms with E-state index in [0.29, 0.717) is 4.90 Å². The van der Waals surface area contributed by atoms with Crippen LogP contribution in [0.25, 0.3) is 0 Å². The van der Waals surface area contributed by atoms with E-state index in [2.05, 4.69) is 5.32 Å². The Labute approximate surface area is 89.9 Å². The summed E-state index contributed by atoms with van der Waals surface area (Å²) >= 11 is 0. The van der Waals surface area contributed by atoms with Gasteiger partial charge in [0, 0.05) is 6.54 Å². The highest BCUT2D eigenvalue weighted by molar-refractivity contribution is 7.91. The van der Waals surface area contributed by atoms with Crippen LogP contribution in [0.2, 0.25) is 0 Å². The highest BCUT2D eigenvalue weighted by atomic mass is 32.2. The summed E-state index contributed by atoms with van der Waals surface area (Å²) < 4.78 is 23.3. The van der Waals surface area contributed by atoms with Crippen LogP contribution in [0.4, 0.5) is 0 Å². The van der Waals surface area contributed by atoms with Crippen molar-refractivity contribution >= 4 is 9.84 Å². The third-order valence-corrected chi connectivity index (χ3v) is 3.41. The molecule has 5 heteroatoms. The van der Waals surface area contributed by atoms with E-state index in [1.807, 2.05) is 0 Å². The second-order valence-corrected chi connectivity index (χ2v) is 5.36. The van der Waals surface area contributed by atoms with Gasteiger partial charge in [0.2, 0.25) is 0 Å². The van der Waals surface area contributed by atoms with E-state index in [-0.39, 0.29) is 12.4 Å². The molecular formula is C10H15NO3S. The van der Waals surface area contributed by atoms with E-state index in [4.69, 9.17) is 5.11 Å². The van der Waals surface area contributed by atoms with Crippen LogP contribution in [0.3, 0.4) is 0 Å². The lowest BCUT2D eigenvalue weighted by atomic mass is 10.4.